The maximum atomic E-state index is 12.4. The molecule has 2 amide bonds. The summed E-state index contributed by atoms with van der Waals surface area (Å²) in [6.45, 7) is 3.78. The number of hydrogen-bond donors (Lipinski definition) is 2. The monoisotopic (exact) mass is 355 g/mol. The number of amides is 2. The molecule has 1 aliphatic rings. The third-order valence-corrected chi connectivity index (χ3v) is 4.63. The molecule has 0 aliphatic carbocycles. The number of hydrogen-bond acceptors (Lipinski definition) is 4. The van der Waals surface area contributed by atoms with E-state index in [0.29, 0.717) is 17.9 Å². The Bertz CT molecular complexity index is 763. The molecule has 0 bridgehead atoms. The number of piperidine rings is 1. The van der Waals surface area contributed by atoms with Crippen molar-refractivity contribution in [1.82, 2.24) is 15.5 Å². The Hall–Kier alpha value is -2.60. The van der Waals surface area contributed by atoms with Crippen molar-refractivity contribution in [3.8, 4) is 11.3 Å². The van der Waals surface area contributed by atoms with Crippen molar-refractivity contribution in [1.29, 1.82) is 0 Å². The van der Waals surface area contributed by atoms with E-state index in [1.165, 1.54) is 19.3 Å². The summed E-state index contributed by atoms with van der Waals surface area (Å²) in [5.41, 5.74) is 1.35. The summed E-state index contributed by atoms with van der Waals surface area (Å²) in [7, 11) is 1.55. The van der Waals surface area contributed by atoms with Crippen LogP contribution in [0, 0.1) is 0 Å². The van der Waals surface area contributed by atoms with Gasteiger partial charge in [0.1, 0.15) is 5.76 Å². The fourth-order valence-corrected chi connectivity index (χ4v) is 3.16. The predicted octanol–water partition coefficient (Wildman–Crippen LogP) is 2.52. The maximum absolute atomic E-state index is 12.4. The Morgan fingerprint density at radius 1 is 1.08 bits per heavy atom. The van der Waals surface area contributed by atoms with Crippen molar-refractivity contribution >= 4 is 11.8 Å². The van der Waals surface area contributed by atoms with Gasteiger partial charge in [-0.25, -0.2) is 0 Å². The van der Waals surface area contributed by atoms with Crippen LogP contribution in [0.1, 0.15) is 40.2 Å². The van der Waals surface area contributed by atoms with Crippen LogP contribution in [0.2, 0.25) is 0 Å². The lowest BCUT2D eigenvalue weighted by Crippen LogP contribution is -2.37. The molecule has 2 N–H and O–H groups in total. The molecule has 2 aromatic rings. The molecule has 6 nitrogen and oxygen atoms in total. The number of likely N-dealkylation sites (tertiary alicyclic amines) is 1. The highest BCUT2D eigenvalue weighted by Crippen LogP contribution is 2.23. The molecule has 0 atom stereocenters. The first-order chi connectivity index (χ1) is 12.7. The van der Waals surface area contributed by atoms with Gasteiger partial charge in [-0.05, 0) is 50.2 Å². The third-order valence-electron chi connectivity index (χ3n) is 4.63. The van der Waals surface area contributed by atoms with Gasteiger partial charge in [-0.2, -0.15) is 0 Å². The fraction of sp³-hybridized carbons (Fsp3) is 0.400. The summed E-state index contributed by atoms with van der Waals surface area (Å²) in [6, 6.07) is 10.6. The SMILES string of the molecule is CNC(=O)c1ccc(-c2cccc(C(=O)NCCN3CCCCC3)c2)o1. The zero-order valence-corrected chi connectivity index (χ0v) is 15.1. The van der Waals surface area contributed by atoms with E-state index < -0.39 is 0 Å². The van der Waals surface area contributed by atoms with Crippen LogP contribution in [0.4, 0.5) is 0 Å². The number of benzene rings is 1. The van der Waals surface area contributed by atoms with Gasteiger partial charge in [0.15, 0.2) is 5.76 Å². The van der Waals surface area contributed by atoms with Crippen LogP contribution in [0.25, 0.3) is 11.3 Å². The molecule has 1 aliphatic heterocycles. The lowest BCUT2D eigenvalue weighted by molar-refractivity contribution is 0.0932. The highest BCUT2D eigenvalue weighted by atomic mass is 16.3. The molecule has 1 fully saturated rings. The van der Waals surface area contributed by atoms with Gasteiger partial charge in [0.2, 0.25) is 0 Å². The van der Waals surface area contributed by atoms with Crippen molar-refractivity contribution in [2.24, 2.45) is 0 Å². The quantitative estimate of drug-likeness (QED) is 0.835. The van der Waals surface area contributed by atoms with E-state index in [-0.39, 0.29) is 17.6 Å². The van der Waals surface area contributed by atoms with Gasteiger partial charge in [-0.1, -0.05) is 18.6 Å². The minimum Gasteiger partial charge on any atom is -0.451 e. The van der Waals surface area contributed by atoms with Gasteiger partial charge in [0.25, 0.3) is 11.8 Å². The normalized spacial score (nSPS) is 14.8. The van der Waals surface area contributed by atoms with Gasteiger partial charge < -0.3 is 20.0 Å². The van der Waals surface area contributed by atoms with Crippen molar-refractivity contribution in [3.63, 3.8) is 0 Å². The summed E-state index contributed by atoms with van der Waals surface area (Å²) >= 11 is 0. The second kappa shape index (κ2) is 8.67. The van der Waals surface area contributed by atoms with Crippen molar-refractivity contribution in [3.05, 3.63) is 47.7 Å². The second-order valence-electron chi connectivity index (χ2n) is 6.48. The molecule has 26 heavy (non-hydrogen) atoms. The van der Waals surface area contributed by atoms with Crippen LogP contribution >= 0.6 is 0 Å². The molecule has 3 rings (SSSR count). The number of carbonyl (C=O) groups is 2. The third kappa shape index (κ3) is 4.52. The topological polar surface area (TPSA) is 74.6 Å². The van der Waals surface area contributed by atoms with Crippen LogP contribution in [0.5, 0.6) is 0 Å². The van der Waals surface area contributed by atoms with Gasteiger partial charge in [-0.3, -0.25) is 9.59 Å². The smallest absolute Gasteiger partial charge is 0.286 e. The lowest BCUT2D eigenvalue weighted by Gasteiger charge is -2.26. The number of nitrogens with one attached hydrogen (secondary N) is 2. The highest BCUT2D eigenvalue weighted by Gasteiger charge is 2.13. The molecule has 1 saturated heterocycles. The molecule has 2 heterocycles. The van der Waals surface area contributed by atoms with Gasteiger partial charge >= 0.3 is 0 Å². The van der Waals surface area contributed by atoms with Crippen LogP contribution in [-0.2, 0) is 0 Å². The number of nitrogens with zero attached hydrogens (tertiary/aromatic N) is 1. The highest BCUT2D eigenvalue weighted by molar-refractivity contribution is 5.95. The predicted molar refractivity (Wildman–Crippen MR) is 100 cm³/mol. The minimum atomic E-state index is -0.275. The molecular formula is C20H25N3O3. The molecular weight excluding hydrogens is 330 g/mol. The fourth-order valence-electron chi connectivity index (χ4n) is 3.16. The second-order valence-corrected chi connectivity index (χ2v) is 6.48. The molecule has 0 unspecified atom stereocenters. The molecule has 1 aromatic carbocycles. The molecule has 0 spiro atoms. The van der Waals surface area contributed by atoms with Gasteiger partial charge in [0, 0.05) is 31.3 Å². The molecule has 6 heteroatoms. The van der Waals surface area contributed by atoms with Crippen molar-refractivity contribution < 1.29 is 14.0 Å². The maximum Gasteiger partial charge on any atom is 0.286 e. The summed E-state index contributed by atoms with van der Waals surface area (Å²) in [5.74, 6) is 0.440. The van der Waals surface area contributed by atoms with Crippen LogP contribution in [0.15, 0.2) is 40.8 Å². The Labute approximate surface area is 153 Å². The molecule has 1 aromatic heterocycles. The van der Waals surface area contributed by atoms with E-state index in [4.69, 9.17) is 4.42 Å². The van der Waals surface area contributed by atoms with Gasteiger partial charge in [0.05, 0.1) is 0 Å². The summed E-state index contributed by atoms with van der Waals surface area (Å²) in [6.07, 6.45) is 3.80. The number of furan rings is 1. The zero-order valence-electron chi connectivity index (χ0n) is 15.1. The zero-order chi connectivity index (χ0) is 18.4. The molecule has 0 radical (unpaired) electrons. The van der Waals surface area contributed by atoms with Gasteiger partial charge in [-0.15, -0.1) is 0 Å². The van der Waals surface area contributed by atoms with E-state index in [1.54, 1.807) is 31.3 Å². The standard InChI is InChI=1S/C20H25N3O3/c1-21-20(25)18-9-8-17(26-18)15-6-5-7-16(14-15)19(24)22-10-13-23-11-3-2-4-12-23/h5-9,14H,2-4,10-13H2,1H3,(H,21,25)(H,22,24). The number of carbonyl (C=O) groups excluding carboxylic acids is 2. The average molecular weight is 355 g/mol. The largest absolute Gasteiger partial charge is 0.451 e. The average Bonchev–Trinajstić information content (AvgIpc) is 3.18. The van der Waals surface area contributed by atoms with Crippen LogP contribution in [-0.4, -0.2) is 49.9 Å². The Morgan fingerprint density at radius 2 is 1.88 bits per heavy atom. The summed E-state index contributed by atoms with van der Waals surface area (Å²) < 4.78 is 5.57. The van der Waals surface area contributed by atoms with E-state index in [0.717, 1.165) is 25.2 Å². The lowest BCUT2D eigenvalue weighted by atomic mass is 10.1. The van der Waals surface area contributed by atoms with E-state index in [2.05, 4.69) is 15.5 Å². The Balaban J connectivity index is 1.60. The first-order valence-corrected chi connectivity index (χ1v) is 9.10. The van der Waals surface area contributed by atoms with E-state index in [9.17, 15) is 9.59 Å². The van der Waals surface area contributed by atoms with E-state index in [1.807, 2.05) is 12.1 Å². The van der Waals surface area contributed by atoms with Crippen molar-refractivity contribution in [2.45, 2.75) is 19.3 Å². The van der Waals surface area contributed by atoms with Crippen LogP contribution in [0.3, 0.4) is 0 Å². The first kappa shape index (κ1) is 18.2. The molecule has 0 saturated carbocycles. The Kier molecular flexibility index (Phi) is 6.07. The minimum absolute atomic E-state index is 0.0954. The van der Waals surface area contributed by atoms with Crippen LogP contribution < -0.4 is 10.6 Å². The molecule has 138 valence electrons. The summed E-state index contributed by atoms with van der Waals surface area (Å²) in [5, 5.41) is 5.51. The van der Waals surface area contributed by atoms with Crippen molar-refractivity contribution in [2.75, 3.05) is 33.2 Å². The summed E-state index contributed by atoms with van der Waals surface area (Å²) in [4.78, 5) is 26.4. The Morgan fingerprint density at radius 3 is 2.65 bits per heavy atom. The first-order valence-electron chi connectivity index (χ1n) is 9.10. The number of rotatable bonds is 6. The van der Waals surface area contributed by atoms with E-state index >= 15 is 0 Å².